The first kappa shape index (κ1) is 18.7. The summed E-state index contributed by atoms with van der Waals surface area (Å²) in [7, 11) is 1.28. The summed E-state index contributed by atoms with van der Waals surface area (Å²) in [5.41, 5.74) is 0. The van der Waals surface area contributed by atoms with Gasteiger partial charge >= 0.3 is 12.1 Å². The fraction of sp³-hybridized carbons (Fsp3) is 0.867. The van der Waals surface area contributed by atoms with Crippen molar-refractivity contribution in [1.82, 2.24) is 5.32 Å². The quantitative estimate of drug-likeness (QED) is 0.495. The van der Waals surface area contributed by atoms with Crippen LogP contribution in [0, 0.1) is 5.92 Å². The number of carbonyl (C=O) groups excluding carboxylic acids is 2. The summed E-state index contributed by atoms with van der Waals surface area (Å²) in [6, 6.07) is -0.636. The largest absolute Gasteiger partial charge is 0.464 e. The number of rotatable bonds is 10. The molecule has 118 valence electrons. The Morgan fingerprint density at radius 3 is 2.30 bits per heavy atom. The van der Waals surface area contributed by atoms with E-state index in [9.17, 15) is 9.59 Å². The molecule has 2 unspecified atom stereocenters. The van der Waals surface area contributed by atoms with Crippen LogP contribution >= 0.6 is 0 Å². The first-order valence-electron chi connectivity index (χ1n) is 7.57. The van der Waals surface area contributed by atoms with Crippen molar-refractivity contribution in [1.29, 1.82) is 0 Å². The lowest BCUT2D eigenvalue weighted by Crippen LogP contribution is -2.46. The maximum Gasteiger partial charge on any atom is 0.407 e. The van der Waals surface area contributed by atoms with E-state index in [-0.39, 0.29) is 11.9 Å². The Labute approximate surface area is 122 Å². The average Bonchev–Trinajstić information content (AvgIpc) is 2.46. The Hall–Kier alpha value is -1.26. The first-order valence-corrected chi connectivity index (χ1v) is 7.57. The topological polar surface area (TPSA) is 64.6 Å². The van der Waals surface area contributed by atoms with Gasteiger partial charge in [-0.1, -0.05) is 52.9 Å². The van der Waals surface area contributed by atoms with Crippen LogP contribution in [0.4, 0.5) is 4.79 Å². The number of esters is 1. The fourth-order valence-electron chi connectivity index (χ4n) is 1.82. The molecule has 0 aliphatic rings. The van der Waals surface area contributed by atoms with E-state index in [4.69, 9.17) is 4.74 Å². The highest BCUT2D eigenvalue weighted by molar-refractivity contribution is 5.81. The molecule has 0 rings (SSSR count). The number of hydrogen-bond acceptors (Lipinski definition) is 4. The molecule has 1 amide bonds. The third-order valence-corrected chi connectivity index (χ3v) is 3.42. The van der Waals surface area contributed by atoms with Crippen molar-refractivity contribution in [2.75, 3.05) is 13.7 Å². The molecule has 5 heteroatoms. The molecule has 0 fully saturated rings. The minimum absolute atomic E-state index is 0.0155. The van der Waals surface area contributed by atoms with Crippen LogP contribution in [0.15, 0.2) is 0 Å². The number of carbonyl (C=O) groups is 2. The van der Waals surface area contributed by atoms with Crippen molar-refractivity contribution >= 4 is 12.1 Å². The molecule has 0 aromatic heterocycles. The summed E-state index contributed by atoms with van der Waals surface area (Å²) < 4.78 is 9.78. The highest BCUT2D eigenvalue weighted by Gasteiger charge is 2.27. The van der Waals surface area contributed by atoms with E-state index in [1.807, 2.05) is 13.8 Å². The second-order valence-electron chi connectivity index (χ2n) is 5.08. The van der Waals surface area contributed by atoms with Gasteiger partial charge in [-0.3, -0.25) is 0 Å². The standard InChI is InChI=1S/C15H29NO4/c1-5-7-8-9-10-11-20-14(17)13(12(3)6-2)16-15(18)19-4/h12-13H,5-11H2,1-4H3,(H,16,18). The second kappa shape index (κ2) is 11.6. The van der Waals surface area contributed by atoms with Gasteiger partial charge in [0.15, 0.2) is 0 Å². The maximum absolute atomic E-state index is 12.0. The molecule has 0 aromatic carbocycles. The Morgan fingerprint density at radius 1 is 1.10 bits per heavy atom. The van der Waals surface area contributed by atoms with Gasteiger partial charge in [0.2, 0.25) is 0 Å². The van der Waals surface area contributed by atoms with Crippen molar-refractivity contribution < 1.29 is 19.1 Å². The van der Waals surface area contributed by atoms with E-state index in [0.29, 0.717) is 6.61 Å². The second-order valence-corrected chi connectivity index (χ2v) is 5.08. The minimum Gasteiger partial charge on any atom is -0.464 e. The lowest BCUT2D eigenvalue weighted by atomic mass is 9.99. The monoisotopic (exact) mass is 287 g/mol. The van der Waals surface area contributed by atoms with Crippen LogP contribution in [0.5, 0.6) is 0 Å². The van der Waals surface area contributed by atoms with Gasteiger partial charge in [0.25, 0.3) is 0 Å². The molecule has 0 aromatic rings. The van der Waals surface area contributed by atoms with Gasteiger partial charge in [0.1, 0.15) is 6.04 Å². The molecule has 0 aliphatic carbocycles. The molecular weight excluding hydrogens is 258 g/mol. The molecular formula is C15H29NO4. The molecule has 20 heavy (non-hydrogen) atoms. The average molecular weight is 287 g/mol. The summed E-state index contributed by atoms with van der Waals surface area (Å²) in [6.07, 6.45) is 5.70. The molecule has 2 atom stereocenters. The number of ether oxygens (including phenoxy) is 2. The Bertz CT molecular complexity index is 281. The summed E-state index contributed by atoms with van der Waals surface area (Å²) >= 11 is 0. The molecule has 0 spiro atoms. The maximum atomic E-state index is 12.0. The van der Waals surface area contributed by atoms with Gasteiger partial charge in [-0.25, -0.2) is 9.59 Å². The number of alkyl carbamates (subject to hydrolysis) is 1. The van der Waals surface area contributed by atoms with E-state index in [0.717, 1.165) is 19.3 Å². The van der Waals surface area contributed by atoms with Gasteiger partial charge in [-0.15, -0.1) is 0 Å². The Morgan fingerprint density at radius 2 is 1.75 bits per heavy atom. The van der Waals surface area contributed by atoms with Gasteiger partial charge in [0.05, 0.1) is 13.7 Å². The van der Waals surface area contributed by atoms with E-state index in [1.54, 1.807) is 0 Å². The number of methoxy groups -OCH3 is 1. The molecule has 0 heterocycles. The normalized spacial score (nSPS) is 13.4. The first-order chi connectivity index (χ1) is 9.56. The van der Waals surface area contributed by atoms with Gasteiger partial charge in [-0.2, -0.15) is 0 Å². The number of nitrogens with one attached hydrogen (secondary N) is 1. The van der Waals surface area contributed by atoms with Crippen molar-refractivity contribution in [3.05, 3.63) is 0 Å². The highest BCUT2D eigenvalue weighted by Crippen LogP contribution is 2.10. The summed E-state index contributed by atoms with van der Waals surface area (Å²) in [5, 5.41) is 2.54. The van der Waals surface area contributed by atoms with Crippen LogP contribution in [0.2, 0.25) is 0 Å². The van der Waals surface area contributed by atoms with Crippen LogP contribution < -0.4 is 5.32 Å². The van der Waals surface area contributed by atoms with Gasteiger partial charge in [-0.05, 0) is 12.3 Å². The Kier molecular flexibility index (Phi) is 10.8. The number of hydrogen-bond donors (Lipinski definition) is 1. The molecule has 1 N–H and O–H groups in total. The van der Waals surface area contributed by atoms with Crippen LogP contribution in [0.3, 0.4) is 0 Å². The third-order valence-electron chi connectivity index (χ3n) is 3.42. The Balaban J connectivity index is 4.10. The third kappa shape index (κ3) is 8.02. The van der Waals surface area contributed by atoms with Crippen molar-refractivity contribution in [3.8, 4) is 0 Å². The zero-order valence-corrected chi connectivity index (χ0v) is 13.2. The van der Waals surface area contributed by atoms with E-state index in [1.165, 1.54) is 26.4 Å². The van der Waals surface area contributed by atoms with Crippen molar-refractivity contribution in [2.45, 2.75) is 65.3 Å². The summed E-state index contributed by atoms with van der Waals surface area (Å²) in [5.74, 6) is -0.359. The van der Waals surface area contributed by atoms with Crippen LogP contribution in [-0.4, -0.2) is 31.8 Å². The number of unbranched alkanes of at least 4 members (excludes halogenated alkanes) is 4. The molecule has 0 saturated heterocycles. The SMILES string of the molecule is CCCCCCCOC(=O)C(NC(=O)OC)C(C)CC. The molecule has 0 bridgehead atoms. The van der Waals surface area contributed by atoms with Crippen LogP contribution in [-0.2, 0) is 14.3 Å². The predicted molar refractivity (Wildman–Crippen MR) is 78.5 cm³/mol. The molecule has 0 aliphatic heterocycles. The lowest BCUT2D eigenvalue weighted by Gasteiger charge is -2.21. The fourth-order valence-corrected chi connectivity index (χ4v) is 1.82. The van der Waals surface area contributed by atoms with E-state index >= 15 is 0 Å². The van der Waals surface area contributed by atoms with E-state index in [2.05, 4.69) is 17.0 Å². The zero-order valence-electron chi connectivity index (χ0n) is 13.2. The van der Waals surface area contributed by atoms with Crippen molar-refractivity contribution in [2.24, 2.45) is 5.92 Å². The summed E-state index contributed by atoms with van der Waals surface area (Å²) in [6.45, 7) is 6.45. The highest BCUT2D eigenvalue weighted by atomic mass is 16.5. The zero-order chi connectivity index (χ0) is 15.4. The minimum atomic E-state index is -0.636. The smallest absolute Gasteiger partial charge is 0.407 e. The predicted octanol–water partition coefficient (Wildman–Crippen LogP) is 3.27. The van der Waals surface area contributed by atoms with Crippen LogP contribution in [0.1, 0.15) is 59.3 Å². The lowest BCUT2D eigenvalue weighted by molar-refractivity contribution is -0.147. The molecule has 0 saturated carbocycles. The van der Waals surface area contributed by atoms with E-state index < -0.39 is 12.1 Å². The molecule has 5 nitrogen and oxygen atoms in total. The van der Waals surface area contributed by atoms with Crippen LogP contribution in [0.25, 0.3) is 0 Å². The molecule has 0 radical (unpaired) electrons. The van der Waals surface area contributed by atoms with Gasteiger partial charge < -0.3 is 14.8 Å². The summed E-state index contributed by atoms with van der Waals surface area (Å²) in [4.78, 5) is 23.2. The van der Waals surface area contributed by atoms with Crippen molar-refractivity contribution in [3.63, 3.8) is 0 Å². The number of amides is 1. The van der Waals surface area contributed by atoms with Gasteiger partial charge in [0, 0.05) is 0 Å².